The second-order valence-corrected chi connectivity index (χ2v) is 6.86. The highest BCUT2D eigenvalue weighted by Gasteiger charge is 2.24. The van der Waals surface area contributed by atoms with Gasteiger partial charge in [0.05, 0.1) is 19.3 Å². The van der Waals surface area contributed by atoms with Crippen LogP contribution in [-0.4, -0.2) is 55.1 Å². The number of benzene rings is 2. The van der Waals surface area contributed by atoms with Gasteiger partial charge in [-0.2, -0.15) is 0 Å². The van der Waals surface area contributed by atoms with Crippen LogP contribution in [0, 0.1) is 0 Å². The number of carbonyl (C=O) groups is 1. The van der Waals surface area contributed by atoms with E-state index in [-0.39, 0.29) is 11.8 Å². The van der Waals surface area contributed by atoms with Crippen LogP contribution in [0.5, 0.6) is 0 Å². The number of hydrogen-bond donors (Lipinski definition) is 2. The van der Waals surface area contributed by atoms with E-state index in [0.29, 0.717) is 0 Å². The van der Waals surface area contributed by atoms with Crippen LogP contribution >= 0.6 is 0 Å². The highest BCUT2D eigenvalue weighted by molar-refractivity contribution is 6.10. The molecular formula is C22H25N3O2. The molecule has 3 aromatic rings. The maximum atomic E-state index is 13.4. The molecule has 4 rings (SSSR count). The van der Waals surface area contributed by atoms with Crippen LogP contribution in [0.1, 0.15) is 22.0 Å². The summed E-state index contributed by atoms with van der Waals surface area (Å²) in [5.74, 6) is 0.0978. The fraction of sp³-hybridized carbons (Fsp3) is 0.318. The topological polar surface area (TPSA) is 57.4 Å². The second kappa shape index (κ2) is 8.48. The smallest absolute Gasteiger partial charge is 0.186 e. The molecule has 1 aliphatic heterocycles. The van der Waals surface area contributed by atoms with E-state index in [1.807, 2.05) is 60.8 Å². The van der Waals surface area contributed by atoms with Gasteiger partial charge in [0.25, 0.3) is 0 Å². The quantitative estimate of drug-likeness (QED) is 0.634. The number of nitrogens with one attached hydrogen (secondary N) is 2. The van der Waals surface area contributed by atoms with Gasteiger partial charge in [-0.3, -0.25) is 9.69 Å². The minimum Gasteiger partial charge on any atom is -0.379 e. The van der Waals surface area contributed by atoms with Gasteiger partial charge in [-0.15, -0.1) is 0 Å². The van der Waals surface area contributed by atoms with Crippen molar-refractivity contribution in [3.05, 3.63) is 71.9 Å². The Morgan fingerprint density at radius 1 is 1.07 bits per heavy atom. The third-order valence-corrected chi connectivity index (χ3v) is 5.13. The number of H-pyrrole nitrogens is 1. The van der Waals surface area contributed by atoms with Crippen LogP contribution in [0.25, 0.3) is 10.9 Å². The highest BCUT2D eigenvalue weighted by atomic mass is 16.5. The first-order valence-electron chi connectivity index (χ1n) is 9.52. The van der Waals surface area contributed by atoms with Gasteiger partial charge in [0.15, 0.2) is 5.78 Å². The van der Waals surface area contributed by atoms with E-state index in [4.69, 9.17) is 4.74 Å². The normalized spacial score (nSPS) is 16.4. The van der Waals surface area contributed by atoms with E-state index in [1.165, 1.54) is 0 Å². The van der Waals surface area contributed by atoms with Crippen LogP contribution in [0.15, 0.2) is 60.8 Å². The SMILES string of the molecule is O=C(c1c[nH]c2ccccc12)C(NCCN1CCOCC1)c1ccccc1. The molecule has 0 spiro atoms. The van der Waals surface area contributed by atoms with Crippen molar-refractivity contribution >= 4 is 16.7 Å². The first kappa shape index (κ1) is 17.9. The minimum atomic E-state index is -0.355. The Morgan fingerprint density at radius 3 is 2.63 bits per heavy atom. The van der Waals surface area contributed by atoms with Crippen molar-refractivity contribution in [2.75, 3.05) is 39.4 Å². The Balaban J connectivity index is 1.53. The van der Waals surface area contributed by atoms with Crippen molar-refractivity contribution in [2.24, 2.45) is 0 Å². The molecule has 2 N–H and O–H groups in total. The Morgan fingerprint density at radius 2 is 1.81 bits per heavy atom. The third-order valence-electron chi connectivity index (χ3n) is 5.13. The van der Waals surface area contributed by atoms with Crippen molar-refractivity contribution in [3.8, 4) is 0 Å². The van der Waals surface area contributed by atoms with Gasteiger partial charge in [0.1, 0.15) is 0 Å². The molecule has 0 saturated carbocycles. The Kier molecular flexibility index (Phi) is 5.63. The number of aromatic amines is 1. The van der Waals surface area contributed by atoms with Crippen molar-refractivity contribution in [2.45, 2.75) is 6.04 Å². The van der Waals surface area contributed by atoms with Crippen LogP contribution < -0.4 is 5.32 Å². The summed E-state index contributed by atoms with van der Waals surface area (Å²) in [6.45, 7) is 5.15. The molecule has 0 radical (unpaired) electrons. The third kappa shape index (κ3) is 4.11. The fourth-order valence-electron chi connectivity index (χ4n) is 3.63. The maximum Gasteiger partial charge on any atom is 0.186 e. The molecule has 1 fully saturated rings. The number of ether oxygens (including phenoxy) is 1. The molecule has 1 atom stereocenters. The number of nitrogens with zero attached hydrogens (tertiary/aromatic N) is 1. The summed E-state index contributed by atoms with van der Waals surface area (Å²) >= 11 is 0. The average molecular weight is 363 g/mol. The van der Waals surface area contributed by atoms with Gasteiger partial charge in [0, 0.05) is 48.8 Å². The summed E-state index contributed by atoms with van der Waals surface area (Å²) in [6, 6.07) is 17.5. The number of aromatic nitrogens is 1. The van der Waals surface area contributed by atoms with Gasteiger partial charge < -0.3 is 15.0 Å². The number of para-hydroxylation sites is 1. The molecule has 27 heavy (non-hydrogen) atoms. The molecular weight excluding hydrogens is 338 g/mol. The van der Waals surface area contributed by atoms with Crippen LogP contribution in [-0.2, 0) is 4.74 Å². The van der Waals surface area contributed by atoms with Gasteiger partial charge >= 0.3 is 0 Å². The van der Waals surface area contributed by atoms with Gasteiger partial charge in [0.2, 0.25) is 0 Å². The molecule has 140 valence electrons. The number of carbonyl (C=O) groups excluding carboxylic acids is 1. The molecule has 1 unspecified atom stereocenters. The van der Waals surface area contributed by atoms with Gasteiger partial charge in [-0.05, 0) is 11.6 Å². The predicted molar refractivity (Wildman–Crippen MR) is 107 cm³/mol. The van der Waals surface area contributed by atoms with Crippen molar-refractivity contribution in [3.63, 3.8) is 0 Å². The summed E-state index contributed by atoms with van der Waals surface area (Å²) in [4.78, 5) is 19.0. The lowest BCUT2D eigenvalue weighted by molar-refractivity contribution is 0.0380. The minimum absolute atomic E-state index is 0.0978. The summed E-state index contributed by atoms with van der Waals surface area (Å²) < 4.78 is 5.40. The molecule has 5 nitrogen and oxygen atoms in total. The molecule has 2 aromatic carbocycles. The van der Waals surface area contributed by atoms with E-state index in [0.717, 1.165) is 61.4 Å². The lowest BCUT2D eigenvalue weighted by Gasteiger charge is -2.27. The Bertz CT molecular complexity index is 885. The fourth-order valence-corrected chi connectivity index (χ4v) is 3.63. The standard InChI is InChI=1S/C22H25N3O2/c26-22(19-16-24-20-9-5-4-8-18(19)20)21(17-6-2-1-3-7-17)23-10-11-25-12-14-27-15-13-25/h1-9,16,21,23-24H,10-15H2. The van der Waals surface area contributed by atoms with E-state index >= 15 is 0 Å². The Hall–Kier alpha value is -2.47. The number of Topliss-reactive ketones (excluding diaryl/α,β-unsaturated/α-hetero) is 1. The first-order valence-corrected chi connectivity index (χ1v) is 9.52. The largest absolute Gasteiger partial charge is 0.379 e. The van der Waals surface area contributed by atoms with Gasteiger partial charge in [-0.25, -0.2) is 0 Å². The molecule has 1 aromatic heterocycles. The summed E-state index contributed by atoms with van der Waals surface area (Å²) in [6.07, 6.45) is 1.83. The van der Waals surface area contributed by atoms with Crippen molar-refractivity contribution in [1.82, 2.24) is 15.2 Å². The predicted octanol–water partition coefficient (Wildman–Crippen LogP) is 3.01. The number of hydrogen-bond acceptors (Lipinski definition) is 4. The zero-order chi connectivity index (χ0) is 18.5. The van der Waals surface area contributed by atoms with E-state index < -0.39 is 0 Å². The Labute approximate surface area is 159 Å². The monoisotopic (exact) mass is 363 g/mol. The van der Waals surface area contributed by atoms with E-state index in [9.17, 15) is 4.79 Å². The summed E-state index contributed by atoms with van der Waals surface area (Å²) in [5, 5.41) is 4.46. The molecule has 1 saturated heterocycles. The molecule has 0 amide bonds. The molecule has 5 heteroatoms. The second-order valence-electron chi connectivity index (χ2n) is 6.86. The number of rotatable bonds is 7. The lowest BCUT2D eigenvalue weighted by atomic mass is 9.97. The number of fused-ring (bicyclic) bond motifs is 1. The zero-order valence-corrected chi connectivity index (χ0v) is 15.4. The lowest BCUT2D eigenvalue weighted by Crippen LogP contribution is -2.41. The van der Waals surface area contributed by atoms with E-state index in [1.54, 1.807) is 0 Å². The van der Waals surface area contributed by atoms with Crippen LogP contribution in [0.4, 0.5) is 0 Å². The first-order chi connectivity index (χ1) is 13.3. The maximum absolute atomic E-state index is 13.4. The molecule has 0 aliphatic carbocycles. The highest BCUT2D eigenvalue weighted by Crippen LogP contribution is 2.24. The van der Waals surface area contributed by atoms with Gasteiger partial charge in [-0.1, -0.05) is 48.5 Å². The van der Waals surface area contributed by atoms with Crippen molar-refractivity contribution in [1.29, 1.82) is 0 Å². The molecule has 0 bridgehead atoms. The van der Waals surface area contributed by atoms with Crippen LogP contribution in [0.3, 0.4) is 0 Å². The summed E-state index contributed by atoms with van der Waals surface area (Å²) in [7, 11) is 0. The van der Waals surface area contributed by atoms with E-state index in [2.05, 4.69) is 15.2 Å². The molecule has 1 aliphatic rings. The average Bonchev–Trinajstić information content (AvgIpc) is 3.16. The number of ketones is 1. The molecule has 2 heterocycles. The summed E-state index contributed by atoms with van der Waals surface area (Å²) in [5.41, 5.74) is 2.72. The van der Waals surface area contributed by atoms with Crippen LogP contribution in [0.2, 0.25) is 0 Å². The van der Waals surface area contributed by atoms with Crippen molar-refractivity contribution < 1.29 is 9.53 Å². The number of morpholine rings is 1. The zero-order valence-electron chi connectivity index (χ0n) is 15.4.